The van der Waals surface area contributed by atoms with E-state index in [0.717, 1.165) is 17.1 Å². The van der Waals surface area contributed by atoms with Crippen LogP contribution in [0.1, 0.15) is 11.3 Å². The van der Waals surface area contributed by atoms with Crippen molar-refractivity contribution in [2.75, 3.05) is 18.3 Å². The Morgan fingerprint density at radius 2 is 1.87 bits per heavy atom. The molecule has 0 radical (unpaired) electrons. The van der Waals surface area contributed by atoms with Crippen molar-refractivity contribution < 1.29 is 9.47 Å². The van der Waals surface area contributed by atoms with E-state index in [-0.39, 0.29) is 18.6 Å². The summed E-state index contributed by atoms with van der Waals surface area (Å²) in [6.45, 7) is 0.251. The van der Waals surface area contributed by atoms with Crippen molar-refractivity contribution in [2.45, 2.75) is 0 Å². The van der Waals surface area contributed by atoms with Crippen LogP contribution in [0.3, 0.4) is 0 Å². The molecule has 0 amide bonds. The van der Waals surface area contributed by atoms with Crippen LogP contribution in [0, 0.1) is 0 Å². The highest BCUT2D eigenvalue weighted by Gasteiger charge is 2.12. The normalized spacial score (nSPS) is 13.0. The summed E-state index contributed by atoms with van der Waals surface area (Å²) in [6.07, 6.45) is 5.31. The zero-order chi connectivity index (χ0) is 15.8. The van der Waals surface area contributed by atoms with E-state index < -0.39 is 0 Å². The highest BCUT2D eigenvalue weighted by atomic mass is 16.7. The van der Waals surface area contributed by atoms with E-state index >= 15 is 0 Å². The third-order valence-corrected chi connectivity index (χ3v) is 3.31. The lowest BCUT2D eigenvalue weighted by atomic mass is 10.2. The Balaban J connectivity index is 1.67. The Morgan fingerprint density at radius 1 is 1.00 bits per heavy atom. The lowest BCUT2D eigenvalue weighted by Gasteiger charge is -2.02. The van der Waals surface area contributed by atoms with E-state index in [1.807, 2.05) is 30.4 Å². The maximum absolute atomic E-state index is 5.81. The molecule has 8 nitrogen and oxygen atoms in total. The Labute approximate surface area is 130 Å². The lowest BCUT2D eigenvalue weighted by Crippen LogP contribution is -2.03. The van der Waals surface area contributed by atoms with Gasteiger partial charge in [0.15, 0.2) is 28.5 Å². The predicted octanol–water partition coefficient (Wildman–Crippen LogP) is 1.48. The van der Waals surface area contributed by atoms with Crippen molar-refractivity contribution in [3.63, 3.8) is 0 Å². The third kappa shape index (κ3) is 2.46. The fourth-order valence-electron chi connectivity index (χ4n) is 2.24. The Morgan fingerprint density at radius 3 is 2.78 bits per heavy atom. The van der Waals surface area contributed by atoms with Crippen LogP contribution in [-0.2, 0) is 0 Å². The van der Waals surface area contributed by atoms with E-state index in [1.54, 1.807) is 6.20 Å². The van der Waals surface area contributed by atoms with Crippen LogP contribution in [0.4, 0.5) is 11.8 Å². The zero-order valence-corrected chi connectivity index (χ0v) is 11.9. The van der Waals surface area contributed by atoms with Gasteiger partial charge in [0.25, 0.3) is 0 Å². The monoisotopic (exact) mass is 308 g/mol. The fraction of sp³-hybridized carbons (Fsp3) is 0.0667. The second-order valence-electron chi connectivity index (χ2n) is 4.88. The Bertz CT molecular complexity index is 941. The molecule has 8 heteroatoms. The summed E-state index contributed by atoms with van der Waals surface area (Å²) < 4.78 is 10.6. The van der Waals surface area contributed by atoms with E-state index in [0.29, 0.717) is 16.9 Å². The first kappa shape index (κ1) is 13.3. The Hall–Kier alpha value is -3.42. The smallest absolute Gasteiger partial charge is 0.231 e. The number of hydrogen-bond acceptors (Lipinski definition) is 8. The molecule has 0 aliphatic carbocycles. The zero-order valence-electron chi connectivity index (χ0n) is 11.9. The number of benzene rings is 1. The number of aromatic nitrogens is 4. The van der Waals surface area contributed by atoms with Gasteiger partial charge in [-0.1, -0.05) is 12.1 Å². The van der Waals surface area contributed by atoms with E-state index in [1.165, 1.54) is 0 Å². The highest BCUT2D eigenvalue weighted by molar-refractivity contribution is 5.83. The molecule has 0 saturated carbocycles. The lowest BCUT2D eigenvalue weighted by molar-refractivity contribution is 0.174. The SMILES string of the molecule is Nc1nc(N)c2nc(/C=C/c3ccc4c(c3)OCO4)cnc2n1. The molecule has 4 N–H and O–H groups in total. The van der Waals surface area contributed by atoms with Gasteiger partial charge in [-0.05, 0) is 23.8 Å². The molecule has 2 aromatic heterocycles. The molecule has 0 unspecified atom stereocenters. The van der Waals surface area contributed by atoms with Gasteiger partial charge in [-0.25, -0.2) is 9.97 Å². The van der Waals surface area contributed by atoms with E-state index in [2.05, 4.69) is 19.9 Å². The first-order valence-corrected chi connectivity index (χ1v) is 6.82. The van der Waals surface area contributed by atoms with Crippen molar-refractivity contribution in [1.29, 1.82) is 0 Å². The van der Waals surface area contributed by atoms with Gasteiger partial charge in [-0.2, -0.15) is 9.97 Å². The van der Waals surface area contributed by atoms with Crippen molar-refractivity contribution in [1.82, 2.24) is 19.9 Å². The predicted molar refractivity (Wildman–Crippen MR) is 85.4 cm³/mol. The molecule has 114 valence electrons. The number of nitrogen functional groups attached to an aromatic ring is 2. The molecule has 3 aromatic rings. The molecular formula is C15H12N6O2. The molecule has 1 aliphatic heterocycles. The molecule has 4 rings (SSSR count). The largest absolute Gasteiger partial charge is 0.454 e. The first-order valence-electron chi connectivity index (χ1n) is 6.82. The van der Waals surface area contributed by atoms with Gasteiger partial charge in [-0.15, -0.1) is 0 Å². The molecule has 0 spiro atoms. The van der Waals surface area contributed by atoms with Crippen molar-refractivity contribution in [2.24, 2.45) is 0 Å². The van der Waals surface area contributed by atoms with Crippen LogP contribution in [0.25, 0.3) is 23.3 Å². The molecule has 0 atom stereocenters. The van der Waals surface area contributed by atoms with Crippen LogP contribution in [0.15, 0.2) is 24.4 Å². The molecule has 0 saturated heterocycles. The molecule has 23 heavy (non-hydrogen) atoms. The molecular weight excluding hydrogens is 296 g/mol. The average molecular weight is 308 g/mol. The quantitative estimate of drug-likeness (QED) is 0.730. The molecule has 3 heterocycles. The van der Waals surface area contributed by atoms with E-state index in [9.17, 15) is 0 Å². The van der Waals surface area contributed by atoms with E-state index in [4.69, 9.17) is 20.9 Å². The number of nitrogens with zero attached hydrogens (tertiary/aromatic N) is 4. The average Bonchev–Trinajstić information content (AvgIpc) is 3.00. The van der Waals surface area contributed by atoms with Crippen LogP contribution >= 0.6 is 0 Å². The topological polar surface area (TPSA) is 122 Å². The van der Waals surface area contributed by atoms with Crippen molar-refractivity contribution in [3.05, 3.63) is 35.7 Å². The second-order valence-corrected chi connectivity index (χ2v) is 4.88. The second kappa shape index (κ2) is 5.09. The van der Waals surface area contributed by atoms with Crippen LogP contribution in [0.5, 0.6) is 11.5 Å². The number of nitrogens with two attached hydrogens (primary N) is 2. The molecule has 1 aliphatic rings. The highest BCUT2D eigenvalue weighted by Crippen LogP contribution is 2.32. The van der Waals surface area contributed by atoms with Gasteiger partial charge in [0, 0.05) is 0 Å². The van der Waals surface area contributed by atoms with Gasteiger partial charge < -0.3 is 20.9 Å². The summed E-state index contributed by atoms with van der Waals surface area (Å²) in [5.74, 6) is 1.76. The van der Waals surface area contributed by atoms with Crippen LogP contribution in [0.2, 0.25) is 0 Å². The maximum atomic E-state index is 5.81. The summed E-state index contributed by atoms with van der Waals surface area (Å²) >= 11 is 0. The van der Waals surface area contributed by atoms with Crippen molar-refractivity contribution in [3.8, 4) is 11.5 Å². The minimum atomic E-state index is 0.0768. The first-order chi connectivity index (χ1) is 11.2. The number of ether oxygens (including phenoxy) is 2. The number of hydrogen-bond donors (Lipinski definition) is 2. The minimum Gasteiger partial charge on any atom is -0.454 e. The minimum absolute atomic E-state index is 0.0768. The standard InChI is InChI=1S/C15H12N6O2/c16-13-12-14(21-15(17)20-13)18-6-9(19-12)3-1-8-2-4-10-11(5-8)23-7-22-10/h1-6H,7H2,(H4,16,17,18,20,21)/b3-1+. The third-order valence-electron chi connectivity index (χ3n) is 3.31. The van der Waals surface area contributed by atoms with Crippen LogP contribution in [-0.4, -0.2) is 26.7 Å². The molecule has 1 aromatic carbocycles. The summed E-state index contributed by atoms with van der Waals surface area (Å²) in [5.41, 5.74) is 13.7. The molecule has 0 fully saturated rings. The van der Waals surface area contributed by atoms with Crippen molar-refractivity contribution >= 4 is 35.1 Å². The fourth-order valence-corrected chi connectivity index (χ4v) is 2.24. The van der Waals surface area contributed by atoms with Gasteiger partial charge >= 0.3 is 0 Å². The Kier molecular flexibility index (Phi) is 2.94. The summed E-state index contributed by atoms with van der Waals surface area (Å²) in [4.78, 5) is 16.5. The van der Waals surface area contributed by atoms with Crippen LogP contribution < -0.4 is 20.9 Å². The van der Waals surface area contributed by atoms with Gasteiger partial charge in [0.05, 0.1) is 11.9 Å². The summed E-state index contributed by atoms with van der Waals surface area (Å²) in [7, 11) is 0. The van der Waals surface area contributed by atoms with Gasteiger partial charge in [0.1, 0.15) is 0 Å². The summed E-state index contributed by atoms with van der Waals surface area (Å²) in [6, 6.07) is 5.69. The van der Waals surface area contributed by atoms with Gasteiger partial charge in [-0.3, -0.25) is 0 Å². The number of anilines is 2. The molecule has 0 bridgehead atoms. The van der Waals surface area contributed by atoms with Gasteiger partial charge in [0.2, 0.25) is 12.7 Å². The number of rotatable bonds is 2. The maximum Gasteiger partial charge on any atom is 0.231 e. The number of fused-ring (bicyclic) bond motifs is 2. The summed E-state index contributed by atoms with van der Waals surface area (Å²) in [5, 5.41) is 0.